The number of aliphatic hydroxyl groups excluding tert-OH is 2. The summed E-state index contributed by atoms with van der Waals surface area (Å²) >= 11 is 0. The largest absolute Gasteiger partial charge is 0.399 e. The number of aliphatic hydroxyl groups is 2. The number of anilines is 2. The Kier molecular flexibility index (Phi) is 3.78. The summed E-state index contributed by atoms with van der Waals surface area (Å²) in [5.74, 6) is 0. The van der Waals surface area contributed by atoms with Gasteiger partial charge >= 0.3 is 0 Å². The summed E-state index contributed by atoms with van der Waals surface area (Å²) < 4.78 is 1.93. The van der Waals surface area contributed by atoms with E-state index in [2.05, 4.69) is 0 Å². The molecule has 1 aromatic heterocycles. The van der Waals surface area contributed by atoms with Crippen molar-refractivity contribution in [2.45, 2.75) is 12.5 Å². The zero-order chi connectivity index (χ0) is 14.0. The second kappa shape index (κ2) is 5.34. The van der Waals surface area contributed by atoms with Crippen molar-refractivity contribution in [3.05, 3.63) is 36.2 Å². The van der Waals surface area contributed by atoms with Crippen molar-refractivity contribution in [2.75, 3.05) is 18.1 Å². The summed E-state index contributed by atoms with van der Waals surface area (Å²) in [5, 5.41) is 18.6. The van der Waals surface area contributed by atoms with Gasteiger partial charge in [0, 0.05) is 37.2 Å². The lowest BCUT2D eigenvalue weighted by Crippen LogP contribution is -2.17. The van der Waals surface area contributed by atoms with Crippen LogP contribution in [0.5, 0.6) is 0 Å². The minimum absolute atomic E-state index is 0.294. The van der Waals surface area contributed by atoms with Crippen LogP contribution in [-0.2, 0) is 13.5 Å². The number of rotatable bonds is 4. The van der Waals surface area contributed by atoms with Gasteiger partial charge in [-0.05, 0) is 34.9 Å². The number of hydrogen-bond acceptors (Lipinski definition) is 4. The summed E-state index contributed by atoms with van der Waals surface area (Å²) in [7, 11) is 1.93. The summed E-state index contributed by atoms with van der Waals surface area (Å²) in [4.78, 5) is 0. The highest BCUT2D eigenvalue weighted by Gasteiger charge is 2.14. The smallest absolute Gasteiger partial charge is 0.0812 e. The summed E-state index contributed by atoms with van der Waals surface area (Å²) in [5.41, 5.74) is 15.6. The Morgan fingerprint density at radius 3 is 2.63 bits per heavy atom. The molecule has 2 rings (SSSR count). The number of nitrogen functional groups attached to an aromatic ring is 2. The SMILES string of the molecule is Cn1ccc(-c2cc(N)cc(N)c2CC(O)CO)c1. The molecule has 0 saturated carbocycles. The van der Waals surface area contributed by atoms with Crippen molar-refractivity contribution < 1.29 is 10.2 Å². The van der Waals surface area contributed by atoms with Gasteiger partial charge in [0.15, 0.2) is 0 Å². The average molecular weight is 261 g/mol. The standard InChI is InChI=1S/C14H19N3O2/c1-17-3-2-9(7-17)12-4-10(15)5-14(16)13(12)6-11(19)8-18/h2-5,7,11,18-19H,6,8,15-16H2,1H3. The number of benzene rings is 1. The van der Waals surface area contributed by atoms with Crippen LogP contribution >= 0.6 is 0 Å². The molecule has 0 aliphatic carbocycles. The predicted octanol–water partition coefficient (Wildman–Crippen LogP) is 0.752. The Morgan fingerprint density at radius 2 is 2.05 bits per heavy atom. The summed E-state index contributed by atoms with van der Waals surface area (Å²) in [6.45, 7) is -0.294. The Labute approximate surface area is 112 Å². The Balaban J connectivity index is 2.51. The minimum Gasteiger partial charge on any atom is -0.399 e. The first-order valence-electron chi connectivity index (χ1n) is 6.10. The van der Waals surface area contributed by atoms with E-state index in [0.717, 1.165) is 16.7 Å². The van der Waals surface area contributed by atoms with Crippen molar-refractivity contribution in [3.8, 4) is 11.1 Å². The molecule has 6 N–H and O–H groups in total. The molecule has 5 nitrogen and oxygen atoms in total. The van der Waals surface area contributed by atoms with Crippen molar-refractivity contribution in [2.24, 2.45) is 7.05 Å². The van der Waals surface area contributed by atoms with E-state index in [-0.39, 0.29) is 6.61 Å². The molecule has 0 amide bonds. The van der Waals surface area contributed by atoms with Crippen LogP contribution in [0.2, 0.25) is 0 Å². The predicted molar refractivity (Wildman–Crippen MR) is 76.5 cm³/mol. The number of nitrogens with two attached hydrogens (primary N) is 2. The third-order valence-corrected chi connectivity index (χ3v) is 3.10. The highest BCUT2D eigenvalue weighted by atomic mass is 16.3. The van der Waals surface area contributed by atoms with E-state index in [1.165, 1.54) is 0 Å². The highest BCUT2D eigenvalue weighted by molar-refractivity contribution is 5.77. The Bertz CT molecular complexity index is 578. The maximum absolute atomic E-state index is 9.64. The van der Waals surface area contributed by atoms with E-state index in [1.54, 1.807) is 6.07 Å². The van der Waals surface area contributed by atoms with E-state index in [0.29, 0.717) is 17.8 Å². The van der Waals surface area contributed by atoms with E-state index in [4.69, 9.17) is 16.6 Å². The van der Waals surface area contributed by atoms with E-state index >= 15 is 0 Å². The minimum atomic E-state index is -0.826. The number of aromatic nitrogens is 1. The molecule has 19 heavy (non-hydrogen) atoms. The molecule has 1 unspecified atom stereocenters. The van der Waals surface area contributed by atoms with Gasteiger partial charge in [-0.2, -0.15) is 0 Å². The first-order chi connectivity index (χ1) is 9.01. The maximum atomic E-state index is 9.64. The van der Waals surface area contributed by atoms with Crippen LogP contribution in [0.4, 0.5) is 11.4 Å². The van der Waals surface area contributed by atoms with Crippen LogP contribution in [0, 0.1) is 0 Å². The molecule has 0 bridgehead atoms. The fourth-order valence-corrected chi connectivity index (χ4v) is 2.17. The van der Waals surface area contributed by atoms with Gasteiger partial charge < -0.3 is 26.2 Å². The van der Waals surface area contributed by atoms with Crippen LogP contribution in [0.15, 0.2) is 30.6 Å². The lowest BCUT2D eigenvalue weighted by Gasteiger charge is -2.15. The number of nitrogens with zero attached hydrogens (tertiary/aromatic N) is 1. The number of aryl methyl sites for hydroxylation is 1. The van der Waals surface area contributed by atoms with Gasteiger partial charge in [0.05, 0.1) is 12.7 Å². The molecule has 102 valence electrons. The molecule has 5 heteroatoms. The summed E-state index contributed by atoms with van der Waals surface area (Å²) in [6, 6.07) is 5.47. The zero-order valence-corrected chi connectivity index (χ0v) is 10.9. The second-order valence-electron chi connectivity index (χ2n) is 4.74. The molecule has 0 saturated heterocycles. The van der Waals surface area contributed by atoms with Gasteiger partial charge in [-0.3, -0.25) is 0 Å². The van der Waals surface area contributed by atoms with Crippen LogP contribution < -0.4 is 11.5 Å². The third-order valence-electron chi connectivity index (χ3n) is 3.10. The van der Waals surface area contributed by atoms with E-state index in [9.17, 15) is 5.11 Å². The Morgan fingerprint density at radius 1 is 1.32 bits per heavy atom. The molecule has 2 aromatic rings. The van der Waals surface area contributed by atoms with Gasteiger partial charge in [0.2, 0.25) is 0 Å². The fraction of sp³-hybridized carbons (Fsp3) is 0.286. The Hall–Kier alpha value is -1.98. The monoisotopic (exact) mass is 261 g/mol. The van der Waals surface area contributed by atoms with Gasteiger partial charge in [-0.1, -0.05) is 0 Å². The molecule has 0 radical (unpaired) electrons. The highest BCUT2D eigenvalue weighted by Crippen LogP contribution is 2.31. The normalized spacial score (nSPS) is 12.6. The van der Waals surface area contributed by atoms with Crippen LogP contribution in [0.25, 0.3) is 11.1 Å². The molecule has 0 aliphatic rings. The maximum Gasteiger partial charge on any atom is 0.0812 e. The molecule has 1 atom stereocenters. The topological polar surface area (TPSA) is 97.4 Å². The molecular weight excluding hydrogens is 242 g/mol. The third kappa shape index (κ3) is 2.89. The molecular formula is C14H19N3O2. The van der Waals surface area contributed by atoms with Gasteiger partial charge in [0.1, 0.15) is 0 Å². The lowest BCUT2D eigenvalue weighted by molar-refractivity contribution is 0.0957. The first-order valence-corrected chi connectivity index (χ1v) is 6.10. The van der Waals surface area contributed by atoms with Crippen molar-refractivity contribution in [1.29, 1.82) is 0 Å². The van der Waals surface area contributed by atoms with Gasteiger partial charge in [-0.25, -0.2) is 0 Å². The summed E-state index contributed by atoms with van der Waals surface area (Å²) in [6.07, 6.45) is 3.37. The van der Waals surface area contributed by atoms with Crippen molar-refractivity contribution >= 4 is 11.4 Å². The first kappa shape index (κ1) is 13.5. The lowest BCUT2D eigenvalue weighted by atomic mass is 9.95. The van der Waals surface area contributed by atoms with Crippen molar-refractivity contribution in [3.63, 3.8) is 0 Å². The molecule has 0 spiro atoms. The van der Waals surface area contributed by atoms with Crippen LogP contribution in [0.1, 0.15) is 5.56 Å². The average Bonchev–Trinajstić information content (AvgIpc) is 2.78. The van der Waals surface area contributed by atoms with Gasteiger partial charge in [-0.15, -0.1) is 0 Å². The molecule has 0 fully saturated rings. The van der Waals surface area contributed by atoms with E-state index < -0.39 is 6.10 Å². The molecule has 1 aromatic carbocycles. The molecule has 0 aliphatic heterocycles. The zero-order valence-electron chi connectivity index (χ0n) is 10.9. The number of hydrogen-bond donors (Lipinski definition) is 4. The van der Waals surface area contributed by atoms with Crippen LogP contribution in [0.3, 0.4) is 0 Å². The second-order valence-corrected chi connectivity index (χ2v) is 4.74. The fourth-order valence-electron chi connectivity index (χ4n) is 2.17. The van der Waals surface area contributed by atoms with Crippen molar-refractivity contribution in [1.82, 2.24) is 4.57 Å². The van der Waals surface area contributed by atoms with Gasteiger partial charge in [0.25, 0.3) is 0 Å². The molecule has 1 heterocycles. The van der Waals surface area contributed by atoms with E-state index in [1.807, 2.05) is 36.1 Å². The quantitative estimate of drug-likeness (QED) is 0.611. The van der Waals surface area contributed by atoms with Crippen LogP contribution in [-0.4, -0.2) is 27.5 Å².